The largest absolute Gasteiger partial charge is 0.123 e. The van der Waals surface area contributed by atoms with Gasteiger partial charge in [0.2, 0.25) is 0 Å². The fourth-order valence-electron chi connectivity index (χ4n) is 5.06. The number of hydrogen-bond donors (Lipinski definition) is 0. The van der Waals surface area contributed by atoms with Crippen molar-refractivity contribution < 1.29 is 0 Å². The van der Waals surface area contributed by atoms with Gasteiger partial charge >= 0.3 is 0 Å². The van der Waals surface area contributed by atoms with Crippen LogP contribution in [0.5, 0.6) is 0 Å². The van der Waals surface area contributed by atoms with E-state index < -0.39 is 16.1 Å². The zero-order chi connectivity index (χ0) is 18.4. The van der Waals surface area contributed by atoms with Crippen molar-refractivity contribution in [1.29, 1.82) is 0 Å². The van der Waals surface area contributed by atoms with E-state index in [0.717, 1.165) is 11.5 Å². The molecule has 0 heterocycles. The molecule has 2 aromatic carbocycles. The van der Waals surface area contributed by atoms with E-state index in [-0.39, 0.29) is 0 Å². The molecular formula is C23H32SSi2. The van der Waals surface area contributed by atoms with E-state index in [0.29, 0.717) is 4.37 Å². The Morgan fingerprint density at radius 2 is 1.46 bits per heavy atom. The number of benzene rings is 2. The summed E-state index contributed by atoms with van der Waals surface area (Å²) in [5.74, 6) is 1.01. The van der Waals surface area contributed by atoms with Crippen molar-refractivity contribution in [2.24, 2.45) is 5.92 Å². The van der Waals surface area contributed by atoms with E-state index in [1.54, 1.807) is 5.19 Å². The lowest BCUT2D eigenvalue weighted by Crippen LogP contribution is -2.44. The van der Waals surface area contributed by atoms with Gasteiger partial charge in [0.05, 0.1) is 16.1 Å². The molecule has 4 rings (SSSR count). The fourth-order valence-corrected chi connectivity index (χ4v) is 15.6. The Hall–Kier alpha value is -0.776. The van der Waals surface area contributed by atoms with Crippen molar-refractivity contribution >= 4 is 33.1 Å². The van der Waals surface area contributed by atoms with Gasteiger partial charge in [-0.15, -0.1) is 11.8 Å². The summed E-state index contributed by atoms with van der Waals surface area (Å²) >= 11 is 2.22. The molecular weight excluding hydrogens is 364 g/mol. The third-order valence-corrected chi connectivity index (χ3v) is 19.2. The fraction of sp³-hybridized carbons (Fsp3) is 0.478. The quantitative estimate of drug-likeness (QED) is 0.477. The van der Waals surface area contributed by atoms with Gasteiger partial charge < -0.3 is 0 Å². The maximum absolute atomic E-state index is 2.71. The molecule has 2 aromatic rings. The summed E-state index contributed by atoms with van der Waals surface area (Å²) in [6.45, 7) is 10.6. The Labute approximate surface area is 165 Å². The molecule has 0 nitrogen and oxygen atoms in total. The molecule has 2 saturated carbocycles. The lowest BCUT2D eigenvalue weighted by atomic mass is 10.4. The SMILES string of the molecule is C[Si](C)(C[C@H]1C[C@@H]1[Si](C)(C)C1(Sc2ccccc2)CC1)c1ccccc1. The molecule has 26 heavy (non-hydrogen) atoms. The topological polar surface area (TPSA) is 0 Å². The van der Waals surface area contributed by atoms with Gasteiger partial charge in [-0.3, -0.25) is 0 Å². The normalized spacial score (nSPS) is 24.3. The van der Waals surface area contributed by atoms with E-state index in [2.05, 4.69) is 98.6 Å². The van der Waals surface area contributed by atoms with Gasteiger partial charge in [-0.25, -0.2) is 0 Å². The van der Waals surface area contributed by atoms with Gasteiger partial charge in [0, 0.05) is 9.27 Å². The molecule has 0 aliphatic heterocycles. The number of thioether (sulfide) groups is 1. The second-order valence-corrected chi connectivity index (χ2v) is 21.4. The van der Waals surface area contributed by atoms with Crippen LogP contribution < -0.4 is 5.19 Å². The molecule has 0 saturated heterocycles. The number of hydrogen-bond acceptors (Lipinski definition) is 1. The van der Waals surface area contributed by atoms with Crippen LogP contribution in [0.4, 0.5) is 0 Å². The lowest BCUT2D eigenvalue weighted by molar-refractivity contribution is 0.931. The van der Waals surface area contributed by atoms with Gasteiger partial charge in [0.1, 0.15) is 0 Å². The molecule has 0 unspecified atom stereocenters. The first kappa shape index (κ1) is 18.6. The van der Waals surface area contributed by atoms with E-state index in [9.17, 15) is 0 Å². The van der Waals surface area contributed by atoms with E-state index in [1.807, 2.05) is 0 Å². The van der Waals surface area contributed by atoms with Crippen LogP contribution in [-0.4, -0.2) is 20.5 Å². The Morgan fingerprint density at radius 1 is 0.885 bits per heavy atom. The van der Waals surface area contributed by atoms with E-state index in [1.165, 1.54) is 30.2 Å². The standard InChI is InChI=1S/C23H32SSi2/c1-25(2,21-13-9-6-10-14-21)18-19-17-22(19)26(3,4)23(15-16-23)24-20-11-7-5-8-12-20/h5-14,19,22H,15-18H2,1-4H3/t19-,22+/m1/s1. The lowest BCUT2D eigenvalue weighted by Gasteiger charge is -2.34. The van der Waals surface area contributed by atoms with Crippen molar-refractivity contribution in [2.45, 2.75) is 66.3 Å². The minimum Gasteiger partial charge on any atom is -0.123 e. The first-order valence-electron chi connectivity index (χ1n) is 10.1. The second kappa shape index (κ2) is 6.68. The van der Waals surface area contributed by atoms with Crippen LogP contribution in [0.1, 0.15) is 19.3 Å². The Morgan fingerprint density at radius 3 is 2.04 bits per heavy atom. The highest BCUT2D eigenvalue weighted by Crippen LogP contribution is 2.67. The molecule has 0 bridgehead atoms. The maximum atomic E-state index is 2.71. The highest BCUT2D eigenvalue weighted by Gasteiger charge is 2.64. The van der Waals surface area contributed by atoms with Gasteiger partial charge in [-0.05, 0) is 42.9 Å². The minimum atomic E-state index is -1.30. The van der Waals surface area contributed by atoms with Crippen molar-refractivity contribution in [1.82, 2.24) is 0 Å². The van der Waals surface area contributed by atoms with Crippen molar-refractivity contribution in [3.8, 4) is 0 Å². The van der Waals surface area contributed by atoms with E-state index in [4.69, 9.17) is 0 Å². The third-order valence-electron chi connectivity index (χ3n) is 7.11. The summed E-state index contributed by atoms with van der Waals surface area (Å²) in [5.41, 5.74) is 1.05. The molecule has 2 aliphatic rings. The van der Waals surface area contributed by atoms with Crippen LogP contribution >= 0.6 is 11.8 Å². The summed E-state index contributed by atoms with van der Waals surface area (Å²) in [6.07, 6.45) is 4.42. The number of rotatable bonds is 7. The van der Waals surface area contributed by atoms with Crippen LogP contribution in [0.2, 0.25) is 37.8 Å². The van der Waals surface area contributed by atoms with Crippen LogP contribution in [0.15, 0.2) is 65.6 Å². The summed E-state index contributed by atoms with van der Waals surface area (Å²) in [6, 6.07) is 24.0. The van der Waals surface area contributed by atoms with Crippen molar-refractivity contribution in [3.63, 3.8) is 0 Å². The molecule has 0 spiro atoms. The summed E-state index contributed by atoms with van der Waals surface area (Å²) in [7, 11) is -2.55. The van der Waals surface area contributed by atoms with Crippen molar-refractivity contribution in [3.05, 3.63) is 60.7 Å². The Kier molecular flexibility index (Phi) is 4.77. The molecule has 0 aromatic heterocycles. The van der Waals surface area contributed by atoms with Gasteiger partial charge in [0.25, 0.3) is 0 Å². The predicted molar refractivity (Wildman–Crippen MR) is 122 cm³/mol. The summed E-state index contributed by atoms with van der Waals surface area (Å²) < 4.78 is 0.617. The zero-order valence-electron chi connectivity index (χ0n) is 16.7. The monoisotopic (exact) mass is 396 g/mol. The molecule has 2 fully saturated rings. The van der Waals surface area contributed by atoms with E-state index >= 15 is 0 Å². The maximum Gasteiger partial charge on any atom is 0.0809 e. The van der Waals surface area contributed by atoms with Gasteiger partial charge in [0.15, 0.2) is 0 Å². The molecule has 0 amide bonds. The molecule has 2 atom stereocenters. The van der Waals surface area contributed by atoms with Crippen LogP contribution in [0, 0.1) is 5.92 Å². The summed E-state index contributed by atoms with van der Waals surface area (Å²) in [4.78, 5) is 1.49. The Balaban J connectivity index is 1.44. The van der Waals surface area contributed by atoms with Gasteiger partial charge in [-0.1, -0.05) is 85.9 Å². The first-order valence-corrected chi connectivity index (χ1v) is 17.2. The molecule has 2 aliphatic carbocycles. The average Bonchev–Trinajstić information content (AvgIpc) is 3.53. The second-order valence-electron chi connectivity index (χ2n) is 9.69. The zero-order valence-corrected chi connectivity index (χ0v) is 19.5. The molecule has 0 radical (unpaired) electrons. The highest BCUT2D eigenvalue weighted by molar-refractivity contribution is 8.02. The van der Waals surface area contributed by atoms with Crippen LogP contribution in [-0.2, 0) is 0 Å². The predicted octanol–water partition coefficient (Wildman–Crippen LogP) is 6.56. The third kappa shape index (κ3) is 3.50. The molecule has 0 N–H and O–H groups in total. The molecule has 3 heteroatoms. The van der Waals surface area contributed by atoms with Crippen LogP contribution in [0.25, 0.3) is 0 Å². The van der Waals surface area contributed by atoms with Crippen molar-refractivity contribution in [2.75, 3.05) is 0 Å². The highest BCUT2D eigenvalue weighted by atomic mass is 32.2. The van der Waals surface area contributed by atoms with Crippen LogP contribution in [0.3, 0.4) is 0 Å². The first-order chi connectivity index (χ1) is 12.3. The average molecular weight is 397 g/mol. The Bertz CT molecular complexity index is 750. The minimum absolute atomic E-state index is 0.617. The smallest absolute Gasteiger partial charge is 0.0809 e. The van der Waals surface area contributed by atoms with Gasteiger partial charge in [-0.2, -0.15) is 0 Å². The summed E-state index contributed by atoms with van der Waals surface area (Å²) in [5, 5.41) is 1.64. The molecule has 138 valence electrons.